The maximum absolute atomic E-state index is 11.0. The Labute approximate surface area is 118 Å². The molecular formula is C16H20N2O2. The molecule has 0 aliphatic rings. The zero-order valence-electron chi connectivity index (χ0n) is 11.8. The quantitative estimate of drug-likeness (QED) is 0.848. The Hall–Kier alpha value is -2.07. The summed E-state index contributed by atoms with van der Waals surface area (Å²) < 4.78 is 5.66. The molecule has 0 saturated heterocycles. The van der Waals surface area contributed by atoms with Crippen molar-refractivity contribution in [2.75, 3.05) is 13.2 Å². The predicted molar refractivity (Wildman–Crippen MR) is 80.7 cm³/mol. The third-order valence-electron chi connectivity index (χ3n) is 3.25. The van der Waals surface area contributed by atoms with Crippen molar-refractivity contribution in [3.05, 3.63) is 42.0 Å². The van der Waals surface area contributed by atoms with Crippen LogP contribution in [0.15, 0.2) is 36.4 Å². The highest BCUT2D eigenvalue weighted by atomic mass is 16.5. The fraction of sp³-hybridized carbons (Fsp3) is 0.312. The van der Waals surface area contributed by atoms with Gasteiger partial charge in [0.1, 0.15) is 5.75 Å². The van der Waals surface area contributed by atoms with E-state index in [-0.39, 0.29) is 12.6 Å². The van der Waals surface area contributed by atoms with Crippen LogP contribution in [0.1, 0.15) is 25.5 Å². The first-order valence-corrected chi connectivity index (χ1v) is 6.79. The number of fused-ring (bicyclic) bond motifs is 1. The topological polar surface area (TPSA) is 64.3 Å². The molecule has 0 bridgehead atoms. The summed E-state index contributed by atoms with van der Waals surface area (Å²) in [6.45, 7) is 4.88. The van der Waals surface area contributed by atoms with Crippen LogP contribution in [0.4, 0.5) is 0 Å². The van der Waals surface area contributed by atoms with E-state index in [1.165, 1.54) is 0 Å². The van der Waals surface area contributed by atoms with E-state index in [1.807, 2.05) is 30.3 Å². The predicted octanol–water partition coefficient (Wildman–Crippen LogP) is 2.37. The fourth-order valence-corrected chi connectivity index (χ4v) is 2.32. The van der Waals surface area contributed by atoms with Crippen LogP contribution in [0.2, 0.25) is 0 Å². The first kappa shape index (κ1) is 14.3. The van der Waals surface area contributed by atoms with Crippen LogP contribution >= 0.6 is 0 Å². The highest BCUT2D eigenvalue weighted by molar-refractivity contribution is 5.90. The van der Waals surface area contributed by atoms with Gasteiger partial charge in [-0.1, -0.05) is 43.3 Å². The SMILES string of the molecule is CCNC(C)c1ccc2ccccc2c1OCC(N)=O. The molecule has 2 rings (SSSR count). The molecule has 1 atom stereocenters. The van der Waals surface area contributed by atoms with E-state index in [2.05, 4.69) is 25.2 Å². The number of amides is 1. The number of hydrogen-bond acceptors (Lipinski definition) is 3. The van der Waals surface area contributed by atoms with Crippen molar-refractivity contribution < 1.29 is 9.53 Å². The van der Waals surface area contributed by atoms with Crippen molar-refractivity contribution >= 4 is 16.7 Å². The minimum Gasteiger partial charge on any atom is -0.483 e. The van der Waals surface area contributed by atoms with Crippen molar-refractivity contribution in [3.63, 3.8) is 0 Å². The molecule has 1 unspecified atom stereocenters. The normalized spacial score (nSPS) is 12.3. The molecule has 20 heavy (non-hydrogen) atoms. The first-order chi connectivity index (χ1) is 9.63. The zero-order valence-corrected chi connectivity index (χ0v) is 11.8. The molecule has 4 heteroatoms. The Morgan fingerprint density at radius 2 is 2.05 bits per heavy atom. The Morgan fingerprint density at radius 1 is 1.30 bits per heavy atom. The summed E-state index contributed by atoms with van der Waals surface area (Å²) in [6, 6.07) is 12.2. The smallest absolute Gasteiger partial charge is 0.255 e. The van der Waals surface area contributed by atoms with Gasteiger partial charge in [0.2, 0.25) is 0 Å². The van der Waals surface area contributed by atoms with E-state index in [0.717, 1.165) is 28.6 Å². The van der Waals surface area contributed by atoms with Crippen molar-refractivity contribution in [1.29, 1.82) is 0 Å². The van der Waals surface area contributed by atoms with Gasteiger partial charge in [0.05, 0.1) is 0 Å². The second-order valence-electron chi connectivity index (χ2n) is 4.74. The van der Waals surface area contributed by atoms with Gasteiger partial charge in [0.15, 0.2) is 6.61 Å². The molecule has 0 spiro atoms. The standard InChI is InChI=1S/C16H20N2O2/c1-3-18-11(2)13-9-8-12-6-4-5-7-14(12)16(13)20-10-15(17)19/h4-9,11,18H,3,10H2,1-2H3,(H2,17,19). The van der Waals surface area contributed by atoms with E-state index in [4.69, 9.17) is 10.5 Å². The van der Waals surface area contributed by atoms with E-state index < -0.39 is 5.91 Å². The molecule has 4 nitrogen and oxygen atoms in total. The Bertz CT molecular complexity index is 610. The van der Waals surface area contributed by atoms with E-state index >= 15 is 0 Å². The molecular weight excluding hydrogens is 252 g/mol. The van der Waals surface area contributed by atoms with Crippen LogP contribution < -0.4 is 15.8 Å². The lowest BCUT2D eigenvalue weighted by atomic mass is 10.0. The maximum atomic E-state index is 11.0. The molecule has 2 aromatic carbocycles. The van der Waals surface area contributed by atoms with E-state index in [1.54, 1.807) is 0 Å². The van der Waals surface area contributed by atoms with Crippen LogP contribution in [0.25, 0.3) is 10.8 Å². The van der Waals surface area contributed by atoms with Gasteiger partial charge < -0.3 is 15.8 Å². The minimum absolute atomic E-state index is 0.111. The Balaban J connectivity index is 2.49. The minimum atomic E-state index is -0.472. The number of carbonyl (C=O) groups is 1. The average molecular weight is 272 g/mol. The second-order valence-corrected chi connectivity index (χ2v) is 4.74. The average Bonchev–Trinajstić information content (AvgIpc) is 2.44. The summed E-state index contributed by atoms with van der Waals surface area (Å²) in [5.74, 6) is 0.260. The highest BCUT2D eigenvalue weighted by Crippen LogP contribution is 2.33. The summed E-state index contributed by atoms with van der Waals surface area (Å²) in [4.78, 5) is 11.0. The Kier molecular flexibility index (Phi) is 4.58. The van der Waals surface area contributed by atoms with Crippen LogP contribution in [-0.2, 0) is 4.79 Å². The van der Waals surface area contributed by atoms with Crippen molar-refractivity contribution in [1.82, 2.24) is 5.32 Å². The molecule has 1 amide bonds. The zero-order chi connectivity index (χ0) is 14.5. The third-order valence-corrected chi connectivity index (χ3v) is 3.25. The van der Waals surface area contributed by atoms with Crippen molar-refractivity contribution in [2.24, 2.45) is 5.73 Å². The number of nitrogens with two attached hydrogens (primary N) is 1. The number of nitrogens with one attached hydrogen (secondary N) is 1. The molecule has 2 aromatic rings. The Morgan fingerprint density at radius 3 is 2.75 bits per heavy atom. The first-order valence-electron chi connectivity index (χ1n) is 6.79. The summed E-state index contributed by atoms with van der Waals surface area (Å²) in [5, 5.41) is 5.44. The summed E-state index contributed by atoms with van der Waals surface area (Å²) >= 11 is 0. The van der Waals surface area contributed by atoms with Crippen LogP contribution in [0, 0.1) is 0 Å². The number of ether oxygens (including phenoxy) is 1. The molecule has 0 saturated carbocycles. The highest BCUT2D eigenvalue weighted by Gasteiger charge is 2.14. The number of hydrogen-bond donors (Lipinski definition) is 2. The second kappa shape index (κ2) is 6.39. The van der Waals surface area contributed by atoms with E-state index in [0.29, 0.717) is 0 Å². The van der Waals surface area contributed by atoms with Gasteiger partial charge in [-0.3, -0.25) is 4.79 Å². The third kappa shape index (κ3) is 3.08. The lowest BCUT2D eigenvalue weighted by Crippen LogP contribution is -2.22. The number of benzene rings is 2. The molecule has 0 aliphatic carbocycles. The molecule has 0 aliphatic heterocycles. The molecule has 0 aromatic heterocycles. The summed E-state index contributed by atoms with van der Waals surface area (Å²) in [5.41, 5.74) is 6.22. The fourth-order valence-electron chi connectivity index (χ4n) is 2.32. The molecule has 106 valence electrons. The van der Waals surface area contributed by atoms with Gasteiger partial charge in [0, 0.05) is 17.0 Å². The van der Waals surface area contributed by atoms with Gasteiger partial charge >= 0.3 is 0 Å². The number of rotatable bonds is 6. The summed E-state index contributed by atoms with van der Waals surface area (Å²) in [7, 11) is 0. The molecule has 0 radical (unpaired) electrons. The van der Waals surface area contributed by atoms with Gasteiger partial charge in [-0.25, -0.2) is 0 Å². The molecule has 0 heterocycles. The monoisotopic (exact) mass is 272 g/mol. The van der Waals surface area contributed by atoms with Crippen LogP contribution in [-0.4, -0.2) is 19.1 Å². The largest absolute Gasteiger partial charge is 0.483 e. The lowest BCUT2D eigenvalue weighted by Gasteiger charge is -2.19. The van der Waals surface area contributed by atoms with Crippen LogP contribution in [0.3, 0.4) is 0 Å². The van der Waals surface area contributed by atoms with Gasteiger partial charge in [-0.15, -0.1) is 0 Å². The molecule has 3 N–H and O–H groups in total. The van der Waals surface area contributed by atoms with E-state index in [9.17, 15) is 4.79 Å². The lowest BCUT2D eigenvalue weighted by molar-refractivity contribution is -0.119. The van der Waals surface area contributed by atoms with Crippen molar-refractivity contribution in [2.45, 2.75) is 19.9 Å². The van der Waals surface area contributed by atoms with Crippen molar-refractivity contribution in [3.8, 4) is 5.75 Å². The number of primary amides is 1. The maximum Gasteiger partial charge on any atom is 0.255 e. The van der Waals surface area contributed by atoms with Gasteiger partial charge in [0.25, 0.3) is 5.91 Å². The van der Waals surface area contributed by atoms with Gasteiger partial charge in [-0.05, 0) is 18.9 Å². The van der Waals surface area contributed by atoms with Gasteiger partial charge in [-0.2, -0.15) is 0 Å². The summed E-state index contributed by atoms with van der Waals surface area (Å²) in [6.07, 6.45) is 0. The van der Waals surface area contributed by atoms with Crippen LogP contribution in [0.5, 0.6) is 5.75 Å². The molecule has 0 fully saturated rings. The number of carbonyl (C=O) groups excluding carboxylic acids is 1.